The molecule has 2 atom stereocenters. The topological polar surface area (TPSA) is 129 Å². The summed E-state index contributed by atoms with van der Waals surface area (Å²) in [7, 11) is -8.08. The summed E-state index contributed by atoms with van der Waals surface area (Å²) < 4.78 is 51.7. The molecule has 11 heteroatoms. The van der Waals surface area contributed by atoms with Gasteiger partial charge in [0.05, 0.1) is 34.2 Å². The molecule has 2 aromatic carbocycles. The third-order valence-corrected chi connectivity index (χ3v) is 8.66. The summed E-state index contributed by atoms with van der Waals surface area (Å²) in [6, 6.07) is 10.5. The molecule has 1 aliphatic heterocycles. The predicted molar refractivity (Wildman–Crippen MR) is 106 cm³/mol. The Labute approximate surface area is 173 Å². The van der Waals surface area contributed by atoms with Gasteiger partial charge in [-0.2, -0.15) is 4.31 Å². The lowest BCUT2D eigenvalue weighted by atomic mass is 10.2. The number of sulfonamides is 1. The van der Waals surface area contributed by atoms with E-state index in [2.05, 4.69) is 0 Å². The minimum atomic E-state index is -4.44. The van der Waals surface area contributed by atoms with E-state index in [1.807, 2.05) is 0 Å². The summed E-state index contributed by atoms with van der Waals surface area (Å²) in [5, 5.41) is 19.3. The average molecular weight is 460 g/mol. The minimum absolute atomic E-state index is 0.205. The number of rotatable bonds is 6. The Morgan fingerprint density at radius 2 is 1.79 bits per heavy atom. The molecular weight excluding hydrogens is 442 g/mol. The number of aliphatic hydroxyl groups is 1. The summed E-state index contributed by atoms with van der Waals surface area (Å²) in [6.45, 7) is -0.214. The molecular formula is C18H18ClNO7S2. The number of nitrogens with zero attached hydrogens (tertiary/aromatic N) is 1. The van der Waals surface area contributed by atoms with Gasteiger partial charge in [-0.3, -0.25) is 0 Å². The molecule has 0 spiro atoms. The Balaban J connectivity index is 2.12. The number of halogens is 1. The Bertz CT molecular complexity index is 1130. The summed E-state index contributed by atoms with van der Waals surface area (Å²) >= 11 is 6.05. The van der Waals surface area contributed by atoms with Crippen LogP contribution in [0.5, 0.6) is 0 Å². The van der Waals surface area contributed by atoms with Crippen LogP contribution in [-0.2, 0) is 26.4 Å². The molecule has 2 N–H and O–H groups in total. The van der Waals surface area contributed by atoms with Gasteiger partial charge in [0.2, 0.25) is 10.0 Å². The molecule has 0 saturated carbocycles. The van der Waals surface area contributed by atoms with Crippen LogP contribution < -0.4 is 0 Å². The van der Waals surface area contributed by atoms with Gasteiger partial charge in [0.15, 0.2) is 9.84 Å². The van der Waals surface area contributed by atoms with Crippen molar-refractivity contribution in [1.82, 2.24) is 4.31 Å². The van der Waals surface area contributed by atoms with Crippen LogP contribution in [0.1, 0.15) is 15.9 Å². The molecule has 3 rings (SSSR count). The molecule has 29 heavy (non-hydrogen) atoms. The fourth-order valence-corrected chi connectivity index (χ4v) is 7.23. The maximum absolute atomic E-state index is 13.4. The van der Waals surface area contributed by atoms with Crippen molar-refractivity contribution in [2.45, 2.75) is 23.6 Å². The lowest BCUT2D eigenvalue weighted by Gasteiger charge is -2.30. The highest BCUT2D eigenvalue weighted by molar-refractivity contribution is 7.92. The van der Waals surface area contributed by atoms with Crippen LogP contribution in [0.4, 0.5) is 0 Å². The van der Waals surface area contributed by atoms with Gasteiger partial charge in [0.25, 0.3) is 0 Å². The van der Waals surface area contributed by atoms with Crippen LogP contribution in [0, 0.1) is 0 Å². The molecule has 0 amide bonds. The normalized spacial score (nSPS) is 21.3. The second-order valence-electron chi connectivity index (χ2n) is 6.70. The van der Waals surface area contributed by atoms with Crippen LogP contribution in [0.3, 0.4) is 0 Å². The maximum atomic E-state index is 13.4. The summed E-state index contributed by atoms with van der Waals surface area (Å²) in [6.07, 6.45) is -1.42. The molecule has 1 fully saturated rings. The summed E-state index contributed by atoms with van der Waals surface area (Å²) in [5.74, 6) is -2.44. The van der Waals surface area contributed by atoms with Gasteiger partial charge in [-0.15, -0.1) is 0 Å². The number of carboxylic acid groups (broad SMARTS) is 1. The van der Waals surface area contributed by atoms with E-state index in [0.717, 1.165) is 16.4 Å². The van der Waals surface area contributed by atoms with Crippen molar-refractivity contribution in [1.29, 1.82) is 0 Å². The van der Waals surface area contributed by atoms with Gasteiger partial charge in [0, 0.05) is 6.54 Å². The molecule has 0 aromatic heterocycles. The Morgan fingerprint density at radius 3 is 2.34 bits per heavy atom. The third kappa shape index (κ3) is 4.62. The van der Waals surface area contributed by atoms with Crippen LogP contribution in [0.25, 0.3) is 0 Å². The molecule has 1 heterocycles. The maximum Gasteiger partial charge on any atom is 0.335 e. The lowest BCUT2D eigenvalue weighted by Crippen LogP contribution is -2.46. The first-order valence-electron chi connectivity index (χ1n) is 8.48. The molecule has 0 unspecified atom stereocenters. The van der Waals surface area contributed by atoms with Crippen LogP contribution in [0.2, 0.25) is 5.02 Å². The van der Waals surface area contributed by atoms with Crippen molar-refractivity contribution in [3.63, 3.8) is 0 Å². The molecule has 0 radical (unpaired) electrons. The predicted octanol–water partition coefficient (Wildman–Crippen LogP) is 1.39. The summed E-state index contributed by atoms with van der Waals surface area (Å²) in [4.78, 5) is 10.8. The number of carboxylic acids is 1. The molecule has 8 nitrogen and oxygen atoms in total. The lowest BCUT2D eigenvalue weighted by molar-refractivity contribution is 0.0696. The van der Waals surface area contributed by atoms with E-state index >= 15 is 0 Å². The van der Waals surface area contributed by atoms with Crippen LogP contribution in [-0.4, -0.2) is 61.0 Å². The molecule has 0 aliphatic carbocycles. The molecule has 156 valence electrons. The molecule has 1 saturated heterocycles. The molecule has 0 bridgehead atoms. The molecule has 2 aromatic rings. The Kier molecular flexibility index (Phi) is 6.02. The first-order valence-corrected chi connectivity index (χ1v) is 12.1. The number of carbonyl (C=O) groups is 1. The number of benzene rings is 2. The second-order valence-corrected chi connectivity index (χ2v) is 11.1. The van der Waals surface area contributed by atoms with E-state index < -0.39 is 54.4 Å². The largest absolute Gasteiger partial charge is 0.478 e. The smallest absolute Gasteiger partial charge is 0.335 e. The SMILES string of the molecule is O=C(O)c1ccc(Cl)c(S(=O)(=O)N(Cc2ccccc2)[C@H]2CS(=O)(=O)C[C@@H]2O)c1. The number of aromatic carboxylic acids is 1. The number of sulfone groups is 1. The van der Waals surface area contributed by atoms with Gasteiger partial charge in [-0.1, -0.05) is 41.9 Å². The zero-order valence-electron chi connectivity index (χ0n) is 15.0. The van der Waals surface area contributed by atoms with Crippen molar-refractivity contribution in [2.24, 2.45) is 0 Å². The van der Waals surface area contributed by atoms with Gasteiger partial charge in [-0.05, 0) is 23.8 Å². The van der Waals surface area contributed by atoms with E-state index in [4.69, 9.17) is 11.6 Å². The highest BCUT2D eigenvalue weighted by atomic mass is 35.5. The van der Waals surface area contributed by atoms with E-state index in [1.54, 1.807) is 30.3 Å². The van der Waals surface area contributed by atoms with Crippen LogP contribution in [0.15, 0.2) is 53.4 Å². The first-order chi connectivity index (χ1) is 13.5. The zero-order chi connectivity index (χ0) is 21.4. The van der Waals surface area contributed by atoms with E-state index in [1.165, 1.54) is 6.07 Å². The van der Waals surface area contributed by atoms with E-state index in [0.29, 0.717) is 5.56 Å². The van der Waals surface area contributed by atoms with Crippen molar-refractivity contribution >= 4 is 37.4 Å². The fraction of sp³-hybridized carbons (Fsp3) is 0.278. The van der Waals surface area contributed by atoms with Gasteiger partial charge in [0.1, 0.15) is 4.90 Å². The Morgan fingerprint density at radius 1 is 1.14 bits per heavy atom. The monoisotopic (exact) mass is 459 g/mol. The summed E-state index contributed by atoms with van der Waals surface area (Å²) in [5.41, 5.74) is 0.283. The van der Waals surface area contributed by atoms with Crippen molar-refractivity contribution < 1.29 is 31.8 Å². The quantitative estimate of drug-likeness (QED) is 0.667. The van der Waals surface area contributed by atoms with Crippen LogP contribution >= 0.6 is 11.6 Å². The van der Waals surface area contributed by atoms with Crippen molar-refractivity contribution in [3.8, 4) is 0 Å². The average Bonchev–Trinajstić information content (AvgIpc) is 2.92. The van der Waals surface area contributed by atoms with E-state index in [-0.39, 0.29) is 17.1 Å². The highest BCUT2D eigenvalue weighted by Crippen LogP contribution is 2.31. The second kappa shape index (κ2) is 8.04. The zero-order valence-corrected chi connectivity index (χ0v) is 17.4. The highest BCUT2D eigenvalue weighted by Gasteiger charge is 2.45. The minimum Gasteiger partial charge on any atom is -0.478 e. The van der Waals surface area contributed by atoms with Gasteiger partial charge in [-0.25, -0.2) is 21.6 Å². The van der Waals surface area contributed by atoms with Gasteiger partial charge < -0.3 is 10.2 Å². The number of hydrogen-bond acceptors (Lipinski definition) is 6. The Hall–Kier alpha value is -1.98. The first kappa shape index (κ1) is 21.7. The molecule has 1 aliphatic rings. The van der Waals surface area contributed by atoms with Crippen molar-refractivity contribution in [3.05, 3.63) is 64.7 Å². The standard InChI is InChI=1S/C18H18ClNO7S2/c19-14-7-6-13(18(22)23)8-17(14)29(26,27)20(9-12-4-2-1-3-5-12)15-10-28(24,25)11-16(15)21/h1-8,15-16,21H,9-11H2,(H,22,23)/t15-,16-/m0/s1. The fourth-order valence-electron chi connectivity index (χ4n) is 3.19. The van der Waals surface area contributed by atoms with Crippen molar-refractivity contribution in [2.75, 3.05) is 11.5 Å². The van der Waals surface area contributed by atoms with E-state index in [9.17, 15) is 31.8 Å². The van der Waals surface area contributed by atoms with Gasteiger partial charge >= 0.3 is 5.97 Å². The number of aliphatic hydroxyl groups excluding tert-OH is 1. The number of hydrogen-bond donors (Lipinski definition) is 2. The third-order valence-electron chi connectivity index (χ3n) is 4.61.